The molecular formula is C16H26O4. The molecule has 1 N–H and O–H groups in total. The van der Waals surface area contributed by atoms with Crippen molar-refractivity contribution in [3.8, 4) is 0 Å². The molecule has 1 aliphatic heterocycles. The average Bonchev–Trinajstić information content (AvgIpc) is 2.92. The number of aliphatic hydroxyl groups is 1. The van der Waals surface area contributed by atoms with Crippen molar-refractivity contribution in [2.45, 2.75) is 58.2 Å². The summed E-state index contributed by atoms with van der Waals surface area (Å²) in [6, 6.07) is 0. The van der Waals surface area contributed by atoms with Gasteiger partial charge in [-0.15, -0.1) is 0 Å². The monoisotopic (exact) mass is 282 g/mol. The summed E-state index contributed by atoms with van der Waals surface area (Å²) in [4.78, 5) is 11.9. The second kappa shape index (κ2) is 6.37. The first-order valence-corrected chi connectivity index (χ1v) is 7.70. The van der Waals surface area contributed by atoms with E-state index in [0.29, 0.717) is 26.1 Å². The summed E-state index contributed by atoms with van der Waals surface area (Å²) >= 11 is 0. The fourth-order valence-corrected chi connectivity index (χ4v) is 3.33. The van der Waals surface area contributed by atoms with E-state index in [9.17, 15) is 4.79 Å². The van der Waals surface area contributed by atoms with E-state index in [0.717, 1.165) is 31.3 Å². The highest BCUT2D eigenvalue weighted by molar-refractivity contribution is 5.96. The van der Waals surface area contributed by atoms with Gasteiger partial charge in [0, 0.05) is 24.9 Å². The number of rotatable bonds is 6. The highest BCUT2D eigenvalue weighted by Crippen LogP contribution is 2.49. The van der Waals surface area contributed by atoms with Crippen LogP contribution in [0.5, 0.6) is 0 Å². The zero-order valence-corrected chi connectivity index (χ0v) is 12.6. The Morgan fingerprint density at radius 2 is 2.05 bits per heavy atom. The van der Waals surface area contributed by atoms with Gasteiger partial charge in [-0.05, 0) is 24.8 Å². The van der Waals surface area contributed by atoms with Crippen LogP contribution < -0.4 is 0 Å². The Bertz CT molecular complexity index is 382. The Hall–Kier alpha value is -0.710. The Labute approximate surface area is 121 Å². The predicted octanol–water partition coefficient (Wildman–Crippen LogP) is 2.60. The van der Waals surface area contributed by atoms with Crippen molar-refractivity contribution >= 4 is 5.78 Å². The minimum Gasteiger partial charge on any atom is -0.396 e. The lowest BCUT2D eigenvalue weighted by atomic mass is 9.69. The number of Topliss-reactive ketones (excluding diaryl/α,β-unsaturated/α-hetero) is 1. The van der Waals surface area contributed by atoms with E-state index in [1.54, 1.807) is 0 Å². The van der Waals surface area contributed by atoms with E-state index in [-0.39, 0.29) is 17.8 Å². The molecule has 0 aromatic heterocycles. The molecule has 0 spiro atoms. The lowest BCUT2D eigenvalue weighted by molar-refractivity contribution is -0.225. The number of carbonyl (C=O) groups is 1. The molecule has 0 aromatic rings. The summed E-state index contributed by atoms with van der Waals surface area (Å²) in [6.45, 7) is 5.53. The molecule has 0 saturated carbocycles. The molecule has 0 bridgehead atoms. The van der Waals surface area contributed by atoms with Crippen LogP contribution >= 0.6 is 0 Å². The van der Waals surface area contributed by atoms with Crippen molar-refractivity contribution in [2.75, 3.05) is 19.8 Å². The first-order valence-electron chi connectivity index (χ1n) is 7.70. The molecule has 1 aliphatic carbocycles. The van der Waals surface area contributed by atoms with Crippen LogP contribution in [0.1, 0.15) is 52.4 Å². The van der Waals surface area contributed by atoms with Crippen LogP contribution in [0.15, 0.2) is 11.6 Å². The van der Waals surface area contributed by atoms with Crippen LogP contribution in [0.2, 0.25) is 0 Å². The lowest BCUT2D eigenvalue weighted by Crippen LogP contribution is -2.48. The molecule has 1 atom stereocenters. The van der Waals surface area contributed by atoms with Gasteiger partial charge in [-0.25, -0.2) is 0 Å². The van der Waals surface area contributed by atoms with Crippen LogP contribution in [0.4, 0.5) is 0 Å². The lowest BCUT2D eigenvalue weighted by Gasteiger charge is -2.45. The van der Waals surface area contributed by atoms with E-state index in [1.807, 2.05) is 6.08 Å². The van der Waals surface area contributed by atoms with Crippen molar-refractivity contribution in [1.82, 2.24) is 0 Å². The molecule has 1 heterocycles. The Kier molecular flexibility index (Phi) is 4.99. The van der Waals surface area contributed by atoms with Crippen LogP contribution in [0, 0.1) is 5.41 Å². The van der Waals surface area contributed by atoms with Crippen molar-refractivity contribution < 1.29 is 19.4 Å². The van der Waals surface area contributed by atoms with Crippen LogP contribution in [-0.2, 0) is 14.3 Å². The van der Waals surface area contributed by atoms with E-state index in [2.05, 4.69) is 13.8 Å². The fourth-order valence-electron chi connectivity index (χ4n) is 3.33. The zero-order valence-electron chi connectivity index (χ0n) is 12.6. The van der Waals surface area contributed by atoms with Gasteiger partial charge in [-0.3, -0.25) is 4.79 Å². The molecule has 0 radical (unpaired) electrons. The summed E-state index contributed by atoms with van der Waals surface area (Å²) in [5, 5.41) is 9.12. The summed E-state index contributed by atoms with van der Waals surface area (Å²) in [6.07, 6.45) is 6.71. The smallest absolute Gasteiger partial charge is 0.177 e. The van der Waals surface area contributed by atoms with Crippen molar-refractivity contribution in [1.29, 1.82) is 0 Å². The Morgan fingerprint density at radius 1 is 1.35 bits per heavy atom. The van der Waals surface area contributed by atoms with E-state index in [4.69, 9.17) is 14.6 Å². The topological polar surface area (TPSA) is 55.8 Å². The van der Waals surface area contributed by atoms with Gasteiger partial charge < -0.3 is 14.6 Å². The molecule has 0 unspecified atom stereocenters. The number of ketones is 1. The third-order valence-electron chi connectivity index (χ3n) is 4.59. The third-order valence-corrected chi connectivity index (χ3v) is 4.59. The molecule has 20 heavy (non-hydrogen) atoms. The molecule has 1 fully saturated rings. The minimum absolute atomic E-state index is 0.0112. The quantitative estimate of drug-likeness (QED) is 0.813. The Morgan fingerprint density at radius 3 is 2.65 bits per heavy atom. The summed E-state index contributed by atoms with van der Waals surface area (Å²) < 4.78 is 12.0. The van der Waals surface area contributed by atoms with Crippen molar-refractivity contribution in [2.24, 2.45) is 5.41 Å². The second-order valence-electron chi connectivity index (χ2n) is 6.04. The SMILES string of the molecule is CCCCC1([C@]2(C)C=C(CCO)C(=O)CC2)OCCO1. The number of carbonyl (C=O) groups excluding carboxylic acids is 1. The Balaban J connectivity index is 2.28. The first kappa shape index (κ1) is 15.7. The maximum Gasteiger partial charge on any atom is 0.177 e. The van der Waals surface area contributed by atoms with Gasteiger partial charge in [0.15, 0.2) is 11.6 Å². The second-order valence-corrected chi connectivity index (χ2v) is 6.04. The molecule has 2 aliphatic rings. The van der Waals surface area contributed by atoms with E-state index >= 15 is 0 Å². The van der Waals surface area contributed by atoms with Crippen LogP contribution in [-0.4, -0.2) is 36.5 Å². The molecule has 0 amide bonds. The van der Waals surface area contributed by atoms with Crippen LogP contribution in [0.25, 0.3) is 0 Å². The van der Waals surface area contributed by atoms with Crippen molar-refractivity contribution in [3.05, 3.63) is 11.6 Å². The number of hydrogen-bond acceptors (Lipinski definition) is 4. The number of unbranched alkanes of at least 4 members (excludes halogenated alkanes) is 1. The van der Waals surface area contributed by atoms with E-state index in [1.165, 1.54) is 0 Å². The molecule has 4 nitrogen and oxygen atoms in total. The standard InChI is InChI=1S/C16H26O4/c1-3-4-7-16(19-10-11-20-16)15(2)8-5-14(18)13(12-15)6-9-17/h12,17H,3-11H2,1-2H3/t15-/m0/s1. The first-order chi connectivity index (χ1) is 9.57. The average molecular weight is 282 g/mol. The van der Waals surface area contributed by atoms with Gasteiger partial charge in [0.2, 0.25) is 0 Å². The number of hydrogen-bond donors (Lipinski definition) is 1. The van der Waals surface area contributed by atoms with Gasteiger partial charge in [0.05, 0.1) is 13.2 Å². The fraction of sp³-hybridized carbons (Fsp3) is 0.812. The summed E-state index contributed by atoms with van der Waals surface area (Å²) in [5.41, 5.74) is 0.452. The summed E-state index contributed by atoms with van der Waals surface area (Å²) in [5.74, 6) is -0.440. The maximum atomic E-state index is 11.9. The molecule has 2 rings (SSSR count). The molecule has 4 heteroatoms. The molecule has 1 saturated heterocycles. The number of aliphatic hydroxyl groups excluding tert-OH is 1. The van der Waals surface area contributed by atoms with Gasteiger partial charge >= 0.3 is 0 Å². The van der Waals surface area contributed by atoms with Gasteiger partial charge in [0.25, 0.3) is 0 Å². The highest BCUT2D eigenvalue weighted by Gasteiger charge is 2.52. The highest BCUT2D eigenvalue weighted by atomic mass is 16.7. The number of ether oxygens (including phenoxy) is 2. The van der Waals surface area contributed by atoms with E-state index < -0.39 is 5.79 Å². The molecular weight excluding hydrogens is 256 g/mol. The van der Waals surface area contributed by atoms with Gasteiger partial charge in [0.1, 0.15) is 0 Å². The predicted molar refractivity (Wildman–Crippen MR) is 76.3 cm³/mol. The van der Waals surface area contributed by atoms with Crippen LogP contribution in [0.3, 0.4) is 0 Å². The van der Waals surface area contributed by atoms with Gasteiger partial charge in [-0.2, -0.15) is 0 Å². The molecule has 114 valence electrons. The minimum atomic E-state index is -0.593. The van der Waals surface area contributed by atoms with Crippen molar-refractivity contribution in [3.63, 3.8) is 0 Å². The zero-order chi connectivity index (χ0) is 14.6. The normalized spacial score (nSPS) is 29.6. The largest absolute Gasteiger partial charge is 0.396 e. The maximum absolute atomic E-state index is 11.9. The molecule has 0 aromatic carbocycles. The van der Waals surface area contributed by atoms with Gasteiger partial charge in [-0.1, -0.05) is 26.3 Å². The summed E-state index contributed by atoms with van der Waals surface area (Å²) in [7, 11) is 0. The third kappa shape index (κ3) is 2.83.